The molecule has 106 valence electrons. The standard InChI is InChI=1S/C14H22N2O2S/c1-2-8-19(17,18)9-7-16-6-5-12-3-4-14(15)10-13(12)11-16/h3-4,10H,2,5-9,11,15H2,1H3. The number of hydrogen-bond donors (Lipinski definition) is 1. The monoisotopic (exact) mass is 282 g/mol. The van der Waals surface area contributed by atoms with Gasteiger partial charge < -0.3 is 5.73 Å². The molecule has 0 saturated carbocycles. The molecule has 1 aromatic carbocycles. The summed E-state index contributed by atoms with van der Waals surface area (Å²) in [6.07, 6.45) is 1.67. The van der Waals surface area contributed by atoms with Gasteiger partial charge in [-0.25, -0.2) is 8.42 Å². The number of sulfone groups is 1. The molecule has 0 atom stereocenters. The van der Waals surface area contributed by atoms with Crippen LogP contribution in [0.5, 0.6) is 0 Å². The Labute approximate surface area is 115 Å². The Morgan fingerprint density at radius 2 is 2.05 bits per heavy atom. The highest BCUT2D eigenvalue weighted by Gasteiger charge is 2.18. The summed E-state index contributed by atoms with van der Waals surface area (Å²) in [5.74, 6) is 0.558. The Morgan fingerprint density at radius 3 is 2.79 bits per heavy atom. The lowest BCUT2D eigenvalue weighted by molar-refractivity contribution is 0.269. The van der Waals surface area contributed by atoms with Crippen molar-refractivity contribution in [2.75, 3.05) is 30.3 Å². The normalized spacial score (nSPS) is 16.3. The summed E-state index contributed by atoms with van der Waals surface area (Å²) >= 11 is 0. The fourth-order valence-electron chi connectivity index (χ4n) is 2.51. The summed E-state index contributed by atoms with van der Waals surface area (Å²) in [4.78, 5) is 2.20. The molecule has 0 aromatic heterocycles. The van der Waals surface area contributed by atoms with Gasteiger partial charge >= 0.3 is 0 Å². The molecule has 5 heteroatoms. The number of rotatable bonds is 5. The molecule has 0 fully saturated rings. The van der Waals surface area contributed by atoms with E-state index in [1.54, 1.807) is 0 Å². The molecule has 0 spiro atoms. The molecular weight excluding hydrogens is 260 g/mol. The first-order valence-electron chi connectivity index (χ1n) is 6.80. The predicted octanol–water partition coefficient (Wildman–Crippen LogP) is 1.45. The first-order chi connectivity index (χ1) is 9.00. The van der Waals surface area contributed by atoms with E-state index in [1.807, 2.05) is 19.1 Å². The molecular formula is C14H22N2O2S. The molecule has 0 amide bonds. The van der Waals surface area contributed by atoms with Crippen molar-refractivity contribution in [3.05, 3.63) is 29.3 Å². The number of nitrogen functional groups attached to an aromatic ring is 1. The minimum absolute atomic E-state index is 0.262. The lowest BCUT2D eigenvalue weighted by atomic mass is 9.99. The van der Waals surface area contributed by atoms with Crippen LogP contribution in [0.4, 0.5) is 5.69 Å². The van der Waals surface area contributed by atoms with E-state index in [9.17, 15) is 8.42 Å². The lowest BCUT2D eigenvalue weighted by Crippen LogP contribution is -2.34. The zero-order valence-corrected chi connectivity index (χ0v) is 12.2. The largest absolute Gasteiger partial charge is 0.399 e. The Morgan fingerprint density at radius 1 is 1.26 bits per heavy atom. The predicted molar refractivity (Wildman–Crippen MR) is 78.8 cm³/mol. The van der Waals surface area contributed by atoms with Crippen LogP contribution >= 0.6 is 0 Å². The van der Waals surface area contributed by atoms with Crippen LogP contribution in [0.1, 0.15) is 24.5 Å². The molecule has 4 nitrogen and oxygen atoms in total. The third kappa shape index (κ3) is 3.94. The van der Waals surface area contributed by atoms with Crippen LogP contribution < -0.4 is 5.73 Å². The molecule has 0 bridgehead atoms. The summed E-state index contributed by atoms with van der Waals surface area (Å²) < 4.78 is 23.5. The van der Waals surface area contributed by atoms with E-state index in [2.05, 4.69) is 11.0 Å². The van der Waals surface area contributed by atoms with Gasteiger partial charge in [-0.05, 0) is 36.1 Å². The number of nitrogens with two attached hydrogens (primary N) is 1. The molecule has 1 aromatic rings. The van der Waals surface area contributed by atoms with Gasteiger partial charge in [0.25, 0.3) is 0 Å². The smallest absolute Gasteiger partial charge is 0.151 e. The number of fused-ring (bicyclic) bond motifs is 1. The van der Waals surface area contributed by atoms with Crippen LogP contribution in [0.3, 0.4) is 0 Å². The quantitative estimate of drug-likeness (QED) is 0.830. The minimum atomic E-state index is -2.88. The fourth-order valence-corrected chi connectivity index (χ4v) is 3.87. The van der Waals surface area contributed by atoms with Crippen LogP contribution in [-0.2, 0) is 22.8 Å². The summed E-state index contributed by atoms with van der Waals surface area (Å²) in [5, 5.41) is 0. The van der Waals surface area contributed by atoms with Crippen molar-refractivity contribution in [1.82, 2.24) is 4.90 Å². The highest BCUT2D eigenvalue weighted by Crippen LogP contribution is 2.21. The average Bonchev–Trinajstić information content (AvgIpc) is 2.36. The van der Waals surface area contributed by atoms with Crippen molar-refractivity contribution in [2.45, 2.75) is 26.3 Å². The number of anilines is 1. The molecule has 0 radical (unpaired) electrons. The van der Waals surface area contributed by atoms with Crippen molar-refractivity contribution in [1.29, 1.82) is 0 Å². The van der Waals surface area contributed by atoms with E-state index in [-0.39, 0.29) is 5.75 Å². The molecule has 0 saturated heterocycles. The molecule has 0 unspecified atom stereocenters. The summed E-state index contributed by atoms with van der Waals surface area (Å²) in [6, 6.07) is 6.01. The van der Waals surface area contributed by atoms with Gasteiger partial charge in [-0.15, -0.1) is 0 Å². The third-order valence-electron chi connectivity index (χ3n) is 3.56. The topological polar surface area (TPSA) is 63.4 Å². The molecule has 1 heterocycles. The maximum Gasteiger partial charge on any atom is 0.151 e. The van der Waals surface area contributed by atoms with Gasteiger partial charge in [0.2, 0.25) is 0 Å². The van der Waals surface area contributed by atoms with Crippen LogP contribution in [0.25, 0.3) is 0 Å². The van der Waals surface area contributed by atoms with E-state index in [0.29, 0.717) is 18.7 Å². The highest BCUT2D eigenvalue weighted by atomic mass is 32.2. The number of benzene rings is 1. The van der Waals surface area contributed by atoms with E-state index >= 15 is 0 Å². The fraction of sp³-hybridized carbons (Fsp3) is 0.571. The van der Waals surface area contributed by atoms with Crippen LogP contribution in [-0.4, -0.2) is 37.9 Å². The maximum absolute atomic E-state index is 11.7. The van der Waals surface area contributed by atoms with Crippen LogP contribution in [0, 0.1) is 0 Å². The van der Waals surface area contributed by atoms with Gasteiger partial charge in [-0.3, -0.25) is 4.90 Å². The van der Waals surface area contributed by atoms with Gasteiger partial charge in [-0.1, -0.05) is 13.0 Å². The molecule has 0 aliphatic carbocycles. The van der Waals surface area contributed by atoms with Gasteiger partial charge in [0, 0.05) is 31.1 Å². The molecule has 2 rings (SSSR count). The van der Waals surface area contributed by atoms with Crippen molar-refractivity contribution in [2.24, 2.45) is 0 Å². The highest BCUT2D eigenvalue weighted by molar-refractivity contribution is 7.91. The van der Waals surface area contributed by atoms with Crippen LogP contribution in [0.15, 0.2) is 18.2 Å². The Balaban J connectivity index is 1.95. The molecule has 19 heavy (non-hydrogen) atoms. The second kappa shape index (κ2) is 5.92. The first kappa shape index (κ1) is 14.3. The van der Waals surface area contributed by atoms with Crippen molar-refractivity contribution >= 4 is 15.5 Å². The molecule has 2 N–H and O–H groups in total. The maximum atomic E-state index is 11.7. The SMILES string of the molecule is CCCS(=O)(=O)CCN1CCc2ccc(N)cc2C1. The summed E-state index contributed by atoms with van der Waals surface area (Å²) in [5.41, 5.74) is 9.14. The summed E-state index contributed by atoms with van der Waals surface area (Å²) in [6.45, 7) is 4.26. The van der Waals surface area contributed by atoms with Crippen molar-refractivity contribution < 1.29 is 8.42 Å². The van der Waals surface area contributed by atoms with E-state index < -0.39 is 9.84 Å². The second-order valence-electron chi connectivity index (χ2n) is 5.21. The number of hydrogen-bond acceptors (Lipinski definition) is 4. The van der Waals surface area contributed by atoms with E-state index in [0.717, 1.165) is 25.2 Å². The Kier molecular flexibility index (Phi) is 4.47. The zero-order valence-electron chi connectivity index (χ0n) is 11.4. The van der Waals surface area contributed by atoms with Crippen molar-refractivity contribution in [3.8, 4) is 0 Å². The van der Waals surface area contributed by atoms with Gasteiger partial charge in [0.1, 0.15) is 0 Å². The lowest BCUT2D eigenvalue weighted by Gasteiger charge is -2.28. The average molecular weight is 282 g/mol. The Hall–Kier alpha value is -1.07. The van der Waals surface area contributed by atoms with Gasteiger partial charge in [0.05, 0.1) is 5.75 Å². The molecule has 1 aliphatic rings. The second-order valence-corrected chi connectivity index (χ2v) is 7.51. The number of nitrogens with zero attached hydrogens (tertiary/aromatic N) is 1. The summed E-state index contributed by atoms with van der Waals surface area (Å²) in [7, 11) is -2.88. The van der Waals surface area contributed by atoms with E-state index in [4.69, 9.17) is 5.73 Å². The molecule has 1 aliphatic heterocycles. The zero-order chi connectivity index (χ0) is 13.9. The minimum Gasteiger partial charge on any atom is -0.399 e. The Bertz CT molecular complexity index is 540. The van der Waals surface area contributed by atoms with Crippen LogP contribution in [0.2, 0.25) is 0 Å². The third-order valence-corrected chi connectivity index (χ3v) is 5.39. The first-order valence-corrected chi connectivity index (χ1v) is 8.62. The van der Waals surface area contributed by atoms with Gasteiger partial charge in [0.15, 0.2) is 9.84 Å². The van der Waals surface area contributed by atoms with E-state index in [1.165, 1.54) is 11.1 Å². The van der Waals surface area contributed by atoms with Crippen molar-refractivity contribution in [3.63, 3.8) is 0 Å². The van der Waals surface area contributed by atoms with Gasteiger partial charge in [-0.2, -0.15) is 0 Å².